The molecular formula is C12H12F3N3O. The van der Waals surface area contributed by atoms with E-state index in [-0.39, 0.29) is 17.1 Å². The zero-order valence-electron chi connectivity index (χ0n) is 10.2. The van der Waals surface area contributed by atoms with Gasteiger partial charge in [0.25, 0.3) is 5.89 Å². The molecule has 0 fully saturated rings. The molecule has 0 unspecified atom stereocenters. The highest BCUT2D eigenvalue weighted by Gasteiger charge is 2.31. The Morgan fingerprint density at radius 1 is 1.32 bits per heavy atom. The van der Waals surface area contributed by atoms with E-state index in [1.54, 1.807) is 0 Å². The second-order valence-electron chi connectivity index (χ2n) is 4.07. The van der Waals surface area contributed by atoms with Gasteiger partial charge in [-0.05, 0) is 24.6 Å². The van der Waals surface area contributed by atoms with E-state index in [0.717, 1.165) is 18.6 Å². The van der Waals surface area contributed by atoms with Crippen LogP contribution in [0, 0.1) is 0 Å². The lowest BCUT2D eigenvalue weighted by Gasteiger charge is -2.08. The van der Waals surface area contributed by atoms with Gasteiger partial charge in [-0.15, -0.1) is 0 Å². The lowest BCUT2D eigenvalue weighted by Crippen LogP contribution is -2.05. The van der Waals surface area contributed by atoms with Gasteiger partial charge in [-0.1, -0.05) is 12.1 Å². The molecule has 0 saturated heterocycles. The predicted octanol–water partition coefficient (Wildman–Crippen LogP) is 3.29. The maximum absolute atomic E-state index is 12.6. The van der Waals surface area contributed by atoms with Gasteiger partial charge >= 0.3 is 6.18 Å². The topological polar surface area (TPSA) is 64.9 Å². The van der Waals surface area contributed by atoms with Crippen LogP contribution in [0.15, 0.2) is 22.7 Å². The summed E-state index contributed by atoms with van der Waals surface area (Å²) in [4.78, 5) is 4.03. The van der Waals surface area contributed by atoms with Gasteiger partial charge in [-0.2, -0.15) is 18.2 Å². The lowest BCUT2D eigenvalue weighted by molar-refractivity contribution is -0.137. The molecule has 102 valence electrons. The van der Waals surface area contributed by atoms with Crippen LogP contribution in [0.2, 0.25) is 0 Å². The molecule has 4 nitrogen and oxygen atoms in total. The third kappa shape index (κ3) is 2.86. The van der Waals surface area contributed by atoms with Crippen LogP contribution in [-0.2, 0) is 12.6 Å². The molecule has 1 heterocycles. The number of nitrogens with zero attached hydrogens (tertiary/aromatic N) is 2. The van der Waals surface area contributed by atoms with Gasteiger partial charge in [0, 0.05) is 12.1 Å². The minimum Gasteiger partial charge on any atom is -0.398 e. The van der Waals surface area contributed by atoms with E-state index in [1.165, 1.54) is 6.07 Å². The van der Waals surface area contributed by atoms with Crippen molar-refractivity contribution in [3.05, 3.63) is 29.6 Å². The Bertz CT molecular complexity index is 578. The molecule has 0 aliphatic carbocycles. The molecule has 0 amide bonds. The molecule has 0 saturated carbocycles. The average molecular weight is 271 g/mol. The van der Waals surface area contributed by atoms with Crippen LogP contribution in [0.25, 0.3) is 11.5 Å². The molecule has 0 atom stereocenters. The highest BCUT2D eigenvalue weighted by Crippen LogP contribution is 2.34. The molecule has 0 bridgehead atoms. The van der Waals surface area contributed by atoms with Crippen molar-refractivity contribution in [3.63, 3.8) is 0 Å². The van der Waals surface area contributed by atoms with E-state index in [4.69, 9.17) is 10.3 Å². The van der Waals surface area contributed by atoms with Gasteiger partial charge in [0.15, 0.2) is 5.82 Å². The summed E-state index contributed by atoms with van der Waals surface area (Å²) >= 11 is 0. The number of anilines is 1. The molecule has 0 radical (unpaired) electrons. The van der Waals surface area contributed by atoms with Crippen LogP contribution >= 0.6 is 0 Å². The summed E-state index contributed by atoms with van der Waals surface area (Å²) < 4.78 is 42.8. The van der Waals surface area contributed by atoms with Gasteiger partial charge < -0.3 is 10.3 Å². The number of nitrogen functional groups attached to an aromatic ring is 1. The number of benzene rings is 1. The third-order valence-corrected chi connectivity index (χ3v) is 2.55. The monoisotopic (exact) mass is 271 g/mol. The molecule has 19 heavy (non-hydrogen) atoms. The minimum atomic E-state index is -4.44. The van der Waals surface area contributed by atoms with E-state index < -0.39 is 11.7 Å². The Labute approximate surface area is 107 Å². The lowest BCUT2D eigenvalue weighted by atomic mass is 10.1. The third-order valence-electron chi connectivity index (χ3n) is 2.55. The zero-order chi connectivity index (χ0) is 14.0. The average Bonchev–Trinajstić information content (AvgIpc) is 2.77. The van der Waals surface area contributed by atoms with Gasteiger partial charge in [0.05, 0.1) is 11.1 Å². The van der Waals surface area contributed by atoms with Crippen molar-refractivity contribution < 1.29 is 17.7 Å². The summed E-state index contributed by atoms with van der Waals surface area (Å²) in [6, 6.07) is 3.02. The fourth-order valence-electron chi connectivity index (χ4n) is 1.61. The molecule has 0 aliphatic heterocycles. The number of aromatic nitrogens is 2. The molecule has 2 rings (SSSR count). The Hall–Kier alpha value is -2.05. The smallest absolute Gasteiger partial charge is 0.398 e. The fraction of sp³-hybridized carbons (Fsp3) is 0.333. The maximum atomic E-state index is 12.6. The van der Waals surface area contributed by atoms with Crippen molar-refractivity contribution in [1.82, 2.24) is 10.1 Å². The Balaban J connectivity index is 2.42. The van der Waals surface area contributed by atoms with Crippen molar-refractivity contribution in [2.45, 2.75) is 25.9 Å². The molecule has 1 aromatic heterocycles. The second-order valence-corrected chi connectivity index (χ2v) is 4.07. The van der Waals surface area contributed by atoms with Gasteiger partial charge in [0.2, 0.25) is 0 Å². The highest BCUT2D eigenvalue weighted by molar-refractivity contribution is 5.71. The normalized spacial score (nSPS) is 11.8. The second kappa shape index (κ2) is 4.91. The summed E-state index contributed by atoms with van der Waals surface area (Å²) in [5, 5.41) is 3.69. The number of nitrogens with two attached hydrogens (primary N) is 1. The fourth-order valence-corrected chi connectivity index (χ4v) is 1.61. The van der Waals surface area contributed by atoms with Crippen molar-refractivity contribution in [2.24, 2.45) is 0 Å². The van der Waals surface area contributed by atoms with Crippen molar-refractivity contribution >= 4 is 5.69 Å². The maximum Gasteiger partial charge on any atom is 0.416 e. The largest absolute Gasteiger partial charge is 0.416 e. The molecule has 7 heteroatoms. The van der Waals surface area contributed by atoms with Crippen LogP contribution in [0.1, 0.15) is 24.7 Å². The zero-order valence-corrected chi connectivity index (χ0v) is 10.2. The van der Waals surface area contributed by atoms with Gasteiger partial charge in [-0.25, -0.2) is 0 Å². The molecule has 2 aromatic rings. The van der Waals surface area contributed by atoms with Crippen molar-refractivity contribution in [2.75, 3.05) is 5.73 Å². The predicted molar refractivity (Wildman–Crippen MR) is 63.1 cm³/mol. The summed E-state index contributed by atoms with van der Waals surface area (Å²) in [5.74, 6) is 0.460. The quantitative estimate of drug-likeness (QED) is 0.870. The van der Waals surface area contributed by atoms with Gasteiger partial charge in [0.1, 0.15) is 0 Å². The minimum absolute atomic E-state index is 0.00653. The van der Waals surface area contributed by atoms with Crippen LogP contribution < -0.4 is 5.73 Å². The number of hydrogen-bond acceptors (Lipinski definition) is 4. The first-order valence-electron chi connectivity index (χ1n) is 5.71. The first-order chi connectivity index (χ1) is 8.91. The van der Waals surface area contributed by atoms with E-state index in [2.05, 4.69) is 10.1 Å². The van der Waals surface area contributed by atoms with E-state index >= 15 is 0 Å². The van der Waals surface area contributed by atoms with E-state index in [9.17, 15) is 13.2 Å². The number of halogens is 3. The molecule has 0 spiro atoms. The van der Waals surface area contributed by atoms with Crippen molar-refractivity contribution in [3.8, 4) is 11.5 Å². The van der Waals surface area contributed by atoms with Crippen molar-refractivity contribution in [1.29, 1.82) is 0 Å². The molecular weight excluding hydrogens is 259 g/mol. The summed E-state index contributed by atoms with van der Waals surface area (Å²) in [7, 11) is 0. The van der Waals surface area contributed by atoms with E-state index in [0.29, 0.717) is 12.2 Å². The number of aryl methyl sites for hydroxylation is 1. The number of hydrogen-bond donors (Lipinski definition) is 1. The van der Waals surface area contributed by atoms with Crippen LogP contribution in [-0.4, -0.2) is 10.1 Å². The Morgan fingerprint density at radius 3 is 2.68 bits per heavy atom. The molecule has 0 aliphatic rings. The number of rotatable bonds is 3. The highest BCUT2D eigenvalue weighted by atomic mass is 19.4. The number of alkyl halides is 3. The SMILES string of the molecule is CCCc1noc(-c2cc(C(F)(F)F)ccc2N)n1. The Morgan fingerprint density at radius 2 is 2.05 bits per heavy atom. The molecule has 2 N–H and O–H groups in total. The first kappa shape index (κ1) is 13.4. The van der Waals surface area contributed by atoms with Crippen LogP contribution in [0.5, 0.6) is 0 Å². The molecule has 1 aromatic carbocycles. The summed E-state index contributed by atoms with van der Waals surface area (Å²) in [6.45, 7) is 1.94. The standard InChI is InChI=1S/C12H12F3N3O/c1-2-3-10-17-11(19-18-10)8-6-7(12(13,14)15)4-5-9(8)16/h4-6H,2-3,16H2,1H3. The van der Waals surface area contributed by atoms with Gasteiger partial charge in [-0.3, -0.25) is 0 Å². The van der Waals surface area contributed by atoms with E-state index in [1.807, 2.05) is 6.92 Å². The first-order valence-corrected chi connectivity index (χ1v) is 5.71. The van der Waals surface area contributed by atoms with Crippen LogP contribution in [0.4, 0.5) is 18.9 Å². The summed E-state index contributed by atoms with van der Waals surface area (Å²) in [5.41, 5.74) is 5.12. The summed E-state index contributed by atoms with van der Waals surface area (Å²) in [6.07, 6.45) is -3.02. The Kier molecular flexibility index (Phi) is 3.46. The van der Waals surface area contributed by atoms with Crippen LogP contribution in [0.3, 0.4) is 0 Å².